The molecule has 2 N–H and O–H groups in total. The molecule has 2 heteroatoms. The number of hydrogen-bond acceptors (Lipinski definition) is 2. The number of hydrogen-bond donors (Lipinski definition) is 1. The first-order valence-electron chi connectivity index (χ1n) is 6.78. The minimum Gasteiger partial charge on any atom is -0.324 e. The molecule has 0 saturated heterocycles. The first-order valence-corrected chi connectivity index (χ1v) is 7.66. The molecule has 1 aromatic carbocycles. The van der Waals surface area contributed by atoms with Gasteiger partial charge in [0, 0.05) is 16.2 Å². The van der Waals surface area contributed by atoms with Crippen LogP contribution in [0.3, 0.4) is 0 Å². The summed E-state index contributed by atoms with van der Waals surface area (Å²) in [4.78, 5) is 1.40. The molecule has 0 amide bonds. The van der Waals surface area contributed by atoms with Crippen LogP contribution < -0.4 is 5.73 Å². The fourth-order valence-corrected chi connectivity index (χ4v) is 3.65. The summed E-state index contributed by atoms with van der Waals surface area (Å²) in [6.45, 7) is 2.04. The molecule has 94 valence electrons. The van der Waals surface area contributed by atoms with Gasteiger partial charge in [0.25, 0.3) is 0 Å². The maximum absolute atomic E-state index is 5.86. The lowest BCUT2D eigenvalue weighted by Crippen LogP contribution is -2.04. The predicted octanol–water partition coefficient (Wildman–Crippen LogP) is 4.52. The van der Waals surface area contributed by atoms with Gasteiger partial charge in [0.15, 0.2) is 0 Å². The van der Waals surface area contributed by atoms with Gasteiger partial charge in [0.2, 0.25) is 0 Å². The predicted molar refractivity (Wildman–Crippen MR) is 76.4 cm³/mol. The summed E-state index contributed by atoms with van der Waals surface area (Å²) in [7, 11) is 0. The Bertz CT molecular complexity index is 323. The minimum absolute atomic E-state index is 0.145. The molecule has 1 nitrogen and oxygen atoms in total. The zero-order valence-electron chi connectivity index (χ0n) is 10.7. The second-order valence-corrected chi connectivity index (χ2v) is 6.46. The Morgan fingerprint density at radius 2 is 1.65 bits per heavy atom. The zero-order chi connectivity index (χ0) is 12.1. The molecule has 0 spiro atoms. The molecule has 1 aliphatic carbocycles. The van der Waals surface area contributed by atoms with E-state index in [-0.39, 0.29) is 6.04 Å². The summed E-state index contributed by atoms with van der Waals surface area (Å²) >= 11 is 2.06. The van der Waals surface area contributed by atoms with E-state index in [1.165, 1.54) is 49.0 Å². The molecule has 1 fully saturated rings. The Hall–Kier alpha value is -0.470. The monoisotopic (exact) mass is 249 g/mol. The Morgan fingerprint density at radius 3 is 2.18 bits per heavy atom. The van der Waals surface area contributed by atoms with E-state index in [0.29, 0.717) is 0 Å². The number of benzene rings is 1. The highest BCUT2D eigenvalue weighted by molar-refractivity contribution is 8.00. The van der Waals surface area contributed by atoms with Gasteiger partial charge in [-0.2, -0.15) is 0 Å². The van der Waals surface area contributed by atoms with E-state index in [9.17, 15) is 0 Å². The van der Waals surface area contributed by atoms with Crippen molar-refractivity contribution in [3.63, 3.8) is 0 Å². The lowest BCUT2D eigenvalue weighted by Gasteiger charge is -2.14. The van der Waals surface area contributed by atoms with Gasteiger partial charge in [-0.1, -0.05) is 37.8 Å². The lowest BCUT2D eigenvalue weighted by atomic mass is 10.1. The molecule has 1 saturated carbocycles. The first-order chi connectivity index (χ1) is 8.25. The van der Waals surface area contributed by atoms with Gasteiger partial charge in [-0.25, -0.2) is 0 Å². The first kappa shape index (κ1) is 13.0. The van der Waals surface area contributed by atoms with Crippen LogP contribution in [0, 0.1) is 0 Å². The molecule has 2 rings (SSSR count). The molecule has 0 aliphatic heterocycles. The van der Waals surface area contributed by atoms with E-state index in [4.69, 9.17) is 5.73 Å². The quantitative estimate of drug-likeness (QED) is 0.797. The average Bonchev–Trinajstić information content (AvgIpc) is 2.58. The van der Waals surface area contributed by atoms with Crippen LogP contribution in [0.4, 0.5) is 0 Å². The van der Waals surface area contributed by atoms with Crippen molar-refractivity contribution in [3.8, 4) is 0 Å². The van der Waals surface area contributed by atoms with Crippen LogP contribution in [0.1, 0.15) is 57.1 Å². The van der Waals surface area contributed by atoms with Crippen LogP contribution in [-0.4, -0.2) is 5.25 Å². The van der Waals surface area contributed by atoms with Crippen LogP contribution >= 0.6 is 11.8 Å². The topological polar surface area (TPSA) is 26.0 Å². The van der Waals surface area contributed by atoms with Gasteiger partial charge in [-0.15, -0.1) is 11.8 Å². The third-order valence-electron chi connectivity index (χ3n) is 3.51. The van der Waals surface area contributed by atoms with Gasteiger partial charge in [0.1, 0.15) is 0 Å². The second kappa shape index (κ2) is 6.46. The van der Waals surface area contributed by atoms with Crippen LogP contribution in [0.5, 0.6) is 0 Å². The van der Waals surface area contributed by atoms with Crippen LogP contribution in [0.25, 0.3) is 0 Å². The highest BCUT2D eigenvalue weighted by atomic mass is 32.2. The van der Waals surface area contributed by atoms with Gasteiger partial charge < -0.3 is 5.73 Å². The maximum Gasteiger partial charge on any atom is 0.0266 e. The van der Waals surface area contributed by atoms with Crippen molar-refractivity contribution >= 4 is 11.8 Å². The summed E-state index contributed by atoms with van der Waals surface area (Å²) in [5, 5.41) is 0.832. The molecule has 0 radical (unpaired) electrons. The smallest absolute Gasteiger partial charge is 0.0266 e. The molecular weight excluding hydrogens is 226 g/mol. The summed E-state index contributed by atoms with van der Waals surface area (Å²) < 4.78 is 0. The molecular formula is C15H23NS. The Balaban J connectivity index is 1.93. The maximum atomic E-state index is 5.86. The van der Waals surface area contributed by atoms with E-state index < -0.39 is 0 Å². The number of thioether (sulfide) groups is 1. The van der Waals surface area contributed by atoms with Gasteiger partial charge in [-0.05, 0) is 37.5 Å². The molecule has 1 unspecified atom stereocenters. The van der Waals surface area contributed by atoms with E-state index in [0.717, 1.165) is 5.25 Å². The van der Waals surface area contributed by atoms with E-state index in [1.807, 2.05) is 6.92 Å². The normalized spacial score (nSPS) is 19.9. The SMILES string of the molecule is CC(N)c1ccc(SC2CCCCCC2)cc1. The Labute approximate surface area is 109 Å². The fourth-order valence-electron chi connectivity index (χ4n) is 2.40. The van der Waals surface area contributed by atoms with Gasteiger partial charge in [-0.3, -0.25) is 0 Å². The van der Waals surface area contributed by atoms with Crippen molar-refractivity contribution in [1.29, 1.82) is 0 Å². The van der Waals surface area contributed by atoms with Crippen molar-refractivity contribution in [2.45, 2.75) is 61.6 Å². The van der Waals surface area contributed by atoms with Crippen LogP contribution in [-0.2, 0) is 0 Å². The van der Waals surface area contributed by atoms with Crippen molar-refractivity contribution in [2.24, 2.45) is 5.73 Å². The third-order valence-corrected chi connectivity index (χ3v) is 4.86. The molecule has 0 heterocycles. The molecule has 1 atom stereocenters. The third kappa shape index (κ3) is 4.04. The van der Waals surface area contributed by atoms with Gasteiger partial charge >= 0.3 is 0 Å². The average molecular weight is 249 g/mol. The highest BCUT2D eigenvalue weighted by Crippen LogP contribution is 2.33. The largest absolute Gasteiger partial charge is 0.324 e. The summed E-state index contributed by atoms with van der Waals surface area (Å²) in [5.41, 5.74) is 7.09. The highest BCUT2D eigenvalue weighted by Gasteiger charge is 2.13. The lowest BCUT2D eigenvalue weighted by molar-refractivity contribution is 0.702. The van der Waals surface area contributed by atoms with Crippen molar-refractivity contribution in [1.82, 2.24) is 0 Å². The minimum atomic E-state index is 0.145. The molecule has 0 bridgehead atoms. The van der Waals surface area contributed by atoms with Crippen molar-refractivity contribution < 1.29 is 0 Å². The van der Waals surface area contributed by atoms with E-state index in [2.05, 4.69) is 36.0 Å². The Kier molecular flexibility index (Phi) is 4.93. The second-order valence-electron chi connectivity index (χ2n) is 5.09. The van der Waals surface area contributed by atoms with Crippen molar-refractivity contribution in [3.05, 3.63) is 29.8 Å². The molecule has 17 heavy (non-hydrogen) atoms. The van der Waals surface area contributed by atoms with Crippen LogP contribution in [0.15, 0.2) is 29.2 Å². The summed E-state index contributed by atoms with van der Waals surface area (Å²) in [6.07, 6.45) is 8.46. The van der Waals surface area contributed by atoms with Crippen LogP contribution in [0.2, 0.25) is 0 Å². The zero-order valence-corrected chi connectivity index (χ0v) is 11.5. The summed E-state index contributed by atoms with van der Waals surface area (Å²) in [6, 6.07) is 8.95. The summed E-state index contributed by atoms with van der Waals surface area (Å²) in [5.74, 6) is 0. The standard InChI is InChI=1S/C15H23NS/c1-12(16)13-8-10-15(11-9-13)17-14-6-4-2-3-5-7-14/h8-12,14H,2-7,16H2,1H3. The molecule has 1 aromatic rings. The molecule has 1 aliphatic rings. The van der Waals surface area contributed by atoms with Gasteiger partial charge in [0.05, 0.1) is 0 Å². The number of nitrogens with two attached hydrogens (primary N) is 1. The van der Waals surface area contributed by atoms with E-state index in [1.54, 1.807) is 0 Å². The van der Waals surface area contributed by atoms with Crippen molar-refractivity contribution in [2.75, 3.05) is 0 Å². The van der Waals surface area contributed by atoms with E-state index >= 15 is 0 Å². The molecule has 0 aromatic heterocycles. The fraction of sp³-hybridized carbons (Fsp3) is 0.600. The number of rotatable bonds is 3. The Morgan fingerprint density at radius 1 is 1.06 bits per heavy atom.